The monoisotopic (exact) mass is 434 g/mol. The molecule has 8 nitrogen and oxygen atoms in total. The van der Waals surface area contributed by atoms with Gasteiger partial charge in [-0.05, 0) is 12.8 Å². The first-order chi connectivity index (χ1) is 15.3. The molecule has 31 heavy (non-hydrogen) atoms. The van der Waals surface area contributed by atoms with Crippen molar-refractivity contribution in [3.8, 4) is 0 Å². The van der Waals surface area contributed by atoms with E-state index in [2.05, 4.69) is 9.80 Å². The summed E-state index contributed by atoms with van der Waals surface area (Å²) < 4.78 is 26.5. The highest BCUT2D eigenvalue weighted by Crippen LogP contribution is 2.30. The summed E-state index contributed by atoms with van der Waals surface area (Å²) in [7, 11) is 0. The van der Waals surface area contributed by atoms with Crippen LogP contribution in [0.15, 0.2) is 0 Å². The number of rotatable bonds is 4. The molecule has 1 aromatic heterocycles. The average Bonchev–Trinajstić information content (AvgIpc) is 2.86. The van der Waals surface area contributed by atoms with Crippen molar-refractivity contribution in [2.45, 2.75) is 38.1 Å². The van der Waals surface area contributed by atoms with Crippen molar-refractivity contribution < 1.29 is 13.9 Å². The van der Waals surface area contributed by atoms with Gasteiger partial charge < -0.3 is 24.2 Å². The molecular formula is C22H35FN6O2. The summed E-state index contributed by atoms with van der Waals surface area (Å²) in [6.07, 6.45) is 6.76. The van der Waals surface area contributed by atoms with Crippen LogP contribution in [0.3, 0.4) is 0 Å². The van der Waals surface area contributed by atoms with Gasteiger partial charge >= 0.3 is 0 Å². The molecule has 0 unspecified atom stereocenters. The van der Waals surface area contributed by atoms with E-state index in [0.29, 0.717) is 70.2 Å². The number of halogens is 1. The fraction of sp³-hybridized carbons (Fsp3) is 0.818. The quantitative estimate of drug-likeness (QED) is 0.711. The lowest BCUT2D eigenvalue weighted by atomic mass is 9.94. The zero-order valence-corrected chi connectivity index (χ0v) is 18.5. The van der Waals surface area contributed by atoms with Crippen LogP contribution in [0, 0.1) is 5.82 Å². The van der Waals surface area contributed by atoms with Gasteiger partial charge in [0.2, 0.25) is 11.8 Å². The second-order valence-electron chi connectivity index (χ2n) is 9.00. The van der Waals surface area contributed by atoms with Gasteiger partial charge in [-0.3, -0.25) is 4.90 Å². The highest BCUT2D eigenvalue weighted by molar-refractivity contribution is 5.58. The summed E-state index contributed by atoms with van der Waals surface area (Å²) in [4.78, 5) is 18.4. The van der Waals surface area contributed by atoms with E-state index in [-0.39, 0.29) is 5.82 Å². The molecule has 172 valence electrons. The van der Waals surface area contributed by atoms with Gasteiger partial charge in [0.25, 0.3) is 0 Å². The van der Waals surface area contributed by atoms with Crippen molar-refractivity contribution in [2.75, 3.05) is 93.5 Å². The van der Waals surface area contributed by atoms with E-state index in [1.807, 2.05) is 9.80 Å². The molecule has 0 N–H and O–H groups in total. The van der Waals surface area contributed by atoms with Gasteiger partial charge in [-0.1, -0.05) is 19.3 Å². The van der Waals surface area contributed by atoms with Gasteiger partial charge in [0.15, 0.2) is 11.6 Å². The van der Waals surface area contributed by atoms with Gasteiger partial charge in [-0.2, -0.15) is 14.4 Å². The van der Waals surface area contributed by atoms with Gasteiger partial charge in [0.05, 0.1) is 26.4 Å². The summed E-state index contributed by atoms with van der Waals surface area (Å²) in [5.41, 5.74) is 0. The number of ether oxygens (including phenoxy) is 2. The maximum atomic E-state index is 15.6. The smallest absolute Gasteiger partial charge is 0.229 e. The van der Waals surface area contributed by atoms with Crippen LogP contribution < -0.4 is 14.7 Å². The molecule has 3 aliphatic heterocycles. The second-order valence-corrected chi connectivity index (χ2v) is 9.00. The predicted octanol–water partition coefficient (Wildman–Crippen LogP) is 1.74. The Bertz CT molecular complexity index is 688. The molecule has 0 amide bonds. The van der Waals surface area contributed by atoms with Crippen molar-refractivity contribution in [3.63, 3.8) is 0 Å². The van der Waals surface area contributed by atoms with Crippen LogP contribution in [0.25, 0.3) is 0 Å². The summed E-state index contributed by atoms with van der Waals surface area (Å²) >= 11 is 0. The maximum Gasteiger partial charge on any atom is 0.229 e. The molecule has 0 bridgehead atoms. The molecule has 0 spiro atoms. The normalized spacial score (nSPS) is 24.6. The van der Waals surface area contributed by atoms with Gasteiger partial charge in [-0.15, -0.1) is 0 Å². The van der Waals surface area contributed by atoms with Crippen molar-refractivity contribution in [1.82, 2.24) is 14.9 Å². The molecule has 0 atom stereocenters. The number of hydrogen-bond acceptors (Lipinski definition) is 8. The third-order valence-electron chi connectivity index (χ3n) is 7.11. The minimum atomic E-state index is -0.312. The van der Waals surface area contributed by atoms with E-state index in [4.69, 9.17) is 19.4 Å². The van der Waals surface area contributed by atoms with Crippen LogP contribution in [-0.4, -0.2) is 99.7 Å². The summed E-state index contributed by atoms with van der Waals surface area (Å²) in [6.45, 7) is 8.90. The van der Waals surface area contributed by atoms with Crippen LogP contribution in [0.4, 0.5) is 22.0 Å². The number of piperazine rings is 1. The van der Waals surface area contributed by atoms with Crippen LogP contribution >= 0.6 is 0 Å². The van der Waals surface area contributed by atoms with Crippen LogP contribution in [-0.2, 0) is 9.47 Å². The molecule has 1 saturated carbocycles. The molecule has 1 aromatic rings. The Morgan fingerprint density at radius 2 is 1.16 bits per heavy atom. The van der Waals surface area contributed by atoms with Crippen LogP contribution in [0.1, 0.15) is 32.1 Å². The third kappa shape index (κ3) is 4.73. The Morgan fingerprint density at radius 1 is 0.645 bits per heavy atom. The van der Waals surface area contributed by atoms with E-state index in [1.165, 1.54) is 32.1 Å². The maximum absolute atomic E-state index is 15.6. The lowest BCUT2D eigenvalue weighted by Gasteiger charge is -2.41. The summed E-state index contributed by atoms with van der Waals surface area (Å²) in [6, 6.07) is 0.734. The summed E-state index contributed by atoms with van der Waals surface area (Å²) in [5.74, 6) is 1.19. The molecule has 3 saturated heterocycles. The minimum absolute atomic E-state index is 0.312. The fourth-order valence-corrected chi connectivity index (χ4v) is 5.26. The van der Waals surface area contributed by atoms with Crippen molar-refractivity contribution in [2.24, 2.45) is 0 Å². The molecule has 4 aliphatic rings. The molecule has 4 heterocycles. The van der Waals surface area contributed by atoms with Crippen molar-refractivity contribution >= 4 is 17.6 Å². The molecule has 0 radical (unpaired) electrons. The predicted molar refractivity (Wildman–Crippen MR) is 119 cm³/mol. The lowest BCUT2D eigenvalue weighted by Crippen LogP contribution is -2.51. The Labute approximate surface area is 184 Å². The number of hydrogen-bond donors (Lipinski definition) is 0. The Morgan fingerprint density at radius 3 is 1.68 bits per heavy atom. The van der Waals surface area contributed by atoms with Gasteiger partial charge in [-0.25, -0.2) is 0 Å². The van der Waals surface area contributed by atoms with E-state index in [1.54, 1.807) is 0 Å². The average molecular weight is 435 g/mol. The first kappa shape index (κ1) is 21.2. The van der Waals surface area contributed by atoms with E-state index < -0.39 is 0 Å². The zero-order valence-electron chi connectivity index (χ0n) is 18.5. The fourth-order valence-electron chi connectivity index (χ4n) is 5.26. The highest BCUT2D eigenvalue weighted by Gasteiger charge is 2.30. The Hall–Kier alpha value is -1.71. The summed E-state index contributed by atoms with van der Waals surface area (Å²) in [5, 5.41) is 0. The van der Waals surface area contributed by atoms with E-state index in [0.717, 1.165) is 32.2 Å². The topological polar surface area (TPSA) is 57.2 Å². The number of aromatic nitrogens is 2. The van der Waals surface area contributed by atoms with Crippen molar-refractivity contribution in [3.05, 3.63) is 5.82 Å². The molecule has 5 rings (SSSR count). The number of morpholine rings is 2. The molecule has 4 fully saturated rings. The minimum Gasteiger partial charge on any atom is -0.378 e. The first-order valence-corrected chi connectivity index (χ1v) is 12.0. The SMILES string of the molecule is Fc1c(N2CCOCC2)nc(N2CCN(C3CCCCC3)CC2)nc1N1CCOCC1. The van der Waals surface area contributed by atoms with E-state index >= 15 is 4.39 Å². The van der Waals surface area contributed by atoms with Gasteiger partial charge in [0, 0.05) is 58.4 Å². The van der Waals surface area contributed by atoms with Gasteiger partial charge in [0.1, 0.15) is 0 Å². The van der Waals surface area contributed by atoms with Crippen molar-refractivity contribution in [1.29, 1.82) is 0 Å². The van der Waals surface area contributed by atoms with Crippen LogP contribution in [0.2, 0.25) is 0 Å². The molecule has 9 heteroatoms. The number of anilines is 3. The second kappa shape index (κ2) is 9.83. The lowest BCUT2D eigenvalue weighted by molar-refractivity contribution is 0.121. The standard InChI is InChI=1S/C22H35FN6O2/c23-19-20(27-10-14-30-15-11-27)24-22(25-21(19)28-12-16-31-17-13-28)29-8-6-26(7-9-29)18-4-2-1-3-5-18/h18H,1-17H2. The number of nitrogens with zero attached hydrogens (tertiary/aromatic N) is 6. The third-order valence-corrected chi connectivity index (χ3v) is 7.11. The van der Waals surface area contributed by atoms with Crippen LogP contribution in [0.5, 0.6) is 0 Å². The van der Waals surface area contributed by atoms with E-state index in [9.17, 15) is 0 Å². The molecule has 1 aliphatic carbocycles. The highest BCUT2D eigenvalue weighted by atomic mass is 19.1. The molecular weight excluding hydrogens is 399 g/mol. The first-order valence-electron chi connectivity index (χ1n) is 12.0. The Balaban J connectivity index is 1.37. The molecule has 0 aromatic carbocycles. The largest absolute Gasteiger partial charge is 0.378 e. The Kier molecular flexibility index (Phi) is 6.71. The zero-order chi connectivity index (χ0) is 21.0.